The van der Waals surface area contributed by atoms with Crippen molar-refractivity contribution in [1.29, 1.82) is 0 Å². The number of likely N-dealkylation sites (N-methyl/N-ethyl adjacent to an activating group) is 1. The summed E-state index contributed by atoms with van der Waals surface area (Å²) < 4.78 is 31.4. The second-order valence-electron chi connectivity index (χ2n) is 10.5. The Kier molecular flexibility index (Phi) is 7.64. The molecular formula is C22H40BN3O6. The van der Waals surface area contributed by atoms with Gasteiger partial charge < -0.3 is 28.4 Å². The van der Waals surface area contributed by atoms with Crippen LogP contribution >= 0.6 is 0 Å². The minimum Gasteiger partial charge on any atom is -0.473 e. The van der Waals surface area contributed by atoms with E-state index in [1.54, 1.807) is 25.9 Å². The maximum absolute atomic E-state index is 12.5. The van der Waals surface area contributed by atoms with Crippen molar-refractivity contribution in [2.45, 2.75) is 97.9 Å². The first-order valence-corrected chi connectivity index (χ1v) is 11.0. The lowest BCUT2D eigenvalue weighted by Crippen LogP contribution is -2.47. The number of methoxy groups -OCH3 is 1. The molecule has 1 aliphatic rings. The van der Waals surface area contributed by atoms with Gasteiger partial charge in [0, 0.05) is 21.2 Å². The Labute approximate surface area is 192 Å². The highest BCUT2D eigenvalue weighted by atomic mass is 16.7. The van der Waals surface area contributed by atoms with Gasteiger partial charge in [-0.25, -0.2) is 9.48 Å². The Morgan fingerprint density at radius 3 is 2.19 bits per heavy atom. The van der Waals surface area contributed by atoms with E-state index in [0.29, 0.717) is 23.6 Å². The van der Waals surface area contributed by atoms with Crippen LogP contribution in [-0.4, -0.2) is 71.0 Å². The molecule has 1 amide bonds. The number of aromatic nitrogens is 2. The third-order valence-electron chi connectivity index (χ3n) is 6.15. The monoisotopic (exact) mass is 453 g/mol. The predicted octanol–water partition coefficient (Wildman–Crippen LogP) is 2.89. The molecule has 0 aliphatic carbocycles. The fourth-order valence-electron chi connectivity index (χ4n) is 3.25. The molecule has 0 radical (unpaired) electrons. The third-order valence-corrected chi connectivity index (χ3v) is 6.15. The summed E-state index contributed by atoms with van der Waals surface area (Å²) in [6.07, 6.45) is -0.767. The van der Waals surface area contributed by atoms with Gasteiger partial charge in [-0.15, -0.1) is 0 Å². The van der Waals surface area contributed by atoms with Gasteiger partial charge in [0.05, 0.1) is 35.0 Å². The van der Waals surface area contributed by atoms with Crippen LogP contribution in [0.2, 0.25) is 0 Å². The van der Waals surface area contributed by atoms with Crippen molar-refractivity contribution in [2.75, 3.05) is 14.2 Å². The van der Waals surface area contributed by atoms with E-state index in [1.807, 2.05) is 62.3 Å². The molecule has 32 heavy (non-hydrogen) atoms. The zero-order valence-electron chi connectivity index (χ0n) is 21.7. The highest BCUT2D eigenvalue weighted by molar-refractivity contribution is 6.63. The van der Waals surface area contributed by atoms with Crippen LogP contribution in [0, 0.1) is 0 Å². The number of nitrogens with zero attached hydrogens (tertiary/aromatic N) is 3. The number of hydrogen-bond acceptors (Lipinski definition) is 7. The molecular weight excluding hydrogens is 413 g/mol. The second-order valence-corrected chi connectivity index (χ2v) is 10.5. The van der Waals surface area contributed by atoms with Crippen LogP contribution < -0.4 is 10.2 Å². The van der Waals surface area contributed by atoms with Gasteiger partial charge >= 0.3 is 13.2 Å². The predicted molar refractivity (Wildman–Crippen MR) is 123 cm³/mol. The first kappa shape index (κ1) is 26.5. The largest absolute Gasteiger partial charge is 0.502 e. The molecule has 0 N–H and O–H groups in total. The molecule has 2 heterocycles. The Hall–Kier alpha value is -1.78. The summed E-state index contributed by atoms with van der Waals surface area (Å²) in [5, 5.41) is 4.58. The van der Waals surface area contributed by atoms with Crippen LogP contribution in [0.15, 0.2) is 0 Å². The minimum absolute atomic E-state index is 0.267. The number of carbonyl (C=O) groups excluding carboxylic acids is 1. The van der Waals surface area contributed by atoms with Crippen LogP contribution in [0.25, 0.3) is 0 Å². The van der Waals surface area contributed by atoms with Gasteiger partial charge in [0.2, 0.25) is 5.88 Å². The van der Waals surface area contributed by atoms with Crippen molar-refractivity contribution in [3.8, 4) is 5.88 Å². The van der Waals surface area contributed by atoms with E-state index < -0.39 is 30.0 Å². The zero-order chi connectivity index (χ0) is 24.6. The van der Waals surface area contributed by atoms with E-state index in [0.717, 1.165) is 0 Å². The summed E-state index contributed by atoms with van der Waals surface area (Å²) in [6, 6.07) is -0.267. The number of aryl methyl sites for hydroxylation is 1. The quantitative estimate of drug-likeness (QED) is 0.587. The summed E-state index contributed by atoms with van der Waals surface area (Å²) >= 11 is 0. The molecule has 1 saturated heterocycles. The number of rotatable bonds is 7. The zero-order valence-corrected chi connectivity index (χ0v) is 21.7. The van der Waals surface area contributed by atoms with Gasteiger partial charge in [-0.05, 0) is 62.3 Å². The van der Waals surface area contributed by atoms with Crippen molar-refractivity contribution in [3.63, 3.8) is 0 Å². The molecule has 182 valence electrons. The fourth-order valence-corrected chi connectivity index (χ4v) is 3.25. The SMILES string of the molecule is COCc1nn(C)c(OC(C)[C@@H](C)N(C)C(=O)OC(C)(C)C)c1B1OC(C)(C)C(C)(C)O1. The molecule has 9 nitrogen and oxygen atoms in total. The molecule has 0 saturated carbocycles. The van der Waals surface area contributed by atoms with Gasteiger partial charge in [0.25, 0.3) is 0 Å². The first-order valence-electron chi connectivity index (χ1n) is 11.0. The summed E-state index contributed by atoms with van der Waals surface area (Å²) in [7, 11) is 4.47. The van der Waals surface area contributed by atoms with E-state index in [-0.39, 0.29) is 12.1 Å². The Balaban J connectivity index is 2.31. The summed E-state index contributed by atoms with van der Waals surface area (Å²) in [6.45, 7) is 17.6. The molecule has 10 heteroatoms. The van der Waals surface area contributed by atoms with Gasteiger partial charge in [-0.2, -0.15) is 5.10 Å². The average Bonchev–Trinajstić information content (AvgIpc) is 3.04. The Morgan fingerprint density at radius 2 is 1.72 bits per heavy atom. The van der Waals surface area contributed by atoms with Crippen molar-refractivity contribution in [3.05, 3.63) is 5.69 Å². The van der Waals surface area contributed by atoms with E-state index in [2.05, 4.69) is 5.10 Å². The molecule has 0 aromatic carbocycles. The summed E-state index contributed by atoms with van der Waals surface area (Å²) in [4.78, 5) is 14.0. The highest BCUT2D eigenvalue weighted by Crippen LogP contribution is 2.37. The Bertz CT molecular complexity index is 801. The summed E-state index contributed by atoms with van der Waals surface area (Å²) in [5.41, 5.74) is -0.206. The topological polar surface area (TPSA) is 84.3 Å². The number of ether oxygens (including phenoxy) is 3. The van der Waals surface area contributed by atoms with Crippen molar-refractivity contribution >= 4 is 18.7 Å². The van der Waals surface area contributed by atoms with Crippen LogP contribution in [0.5, 0.6) is 5.88 Å². The summed E-state index contributed by atoms with van der Waals surface area (Å²) in [5.74, 6) is 0.521. The van der Waals surface area contributed by atoms with Gasteiger partial charge in [-0.3, -0.25) is 0 Å². The van der Waals surface area contributed by atoms with Crippen molar-refractivity contribution in [2.24, 2.45) is 7.05 Å². The first-order chi connectivity index (χ1) is 14.5. The lowest BCUT2D eigenvalue weighted by atomic mass is 9.78. The minimum atomic E-state index is -0.653. The lowest BCUT2D eigenvalue weighted by molar-refractivity contribution is 0.00578. The smallest absolute Gasteiger partial charge is 0.473 e. The lowest BCUT2D eigenvalue weighted by Gasteiger charge is -2.32. The third kappa shape index (κ3) is 5.58. The molecule has 1 unspecified atom stereocenters. The Morgan fingerprint density at radius 1 is 1.19 bits per heavy atom. The highest BCUT2D eigenvalue weighted by Gasteiger charge is 2.54. The molecule has 2 atom stereocenters. The number of carbonyl (C=O) groups is 1. The van der Waals surface area contributed by atoms with Gasteiger partial charge in [0.15, 0.2) is 0 Å². The molecule has 0 spiro atoms. The molecule has 1 aromatic heterocycles. The number of amides is 1. The molecule has 1 aromatic rings. The molecule has 2 rings (SSSR count). The van der Waals surface area contributed by atoms with E-state index in [4.69, 9.17) is 23.5 Å². The fraction of sp³-hybridized carbons (Fsp3) is 0.818. The molecule has 1 fully saturated rings. The van der Waals surface area contributed by atoms with Crippen LogP contribution in [0.1, 0.15) is 68.0 Å². The van der Waals surface area contributed by atoms with Crippen LogP contribution in [0.4, 0.5) is 4.79 Å². The van der Waals surface area contributed by atoms with E-state index in [1.165, 1.54) is 4.90 Å². The average molecular weight is 453 g/mol. The number of hydrogen-bond donors (Lipinski definition) is 0. The molecule has 1 aliphatic heterocycles. The van der Waals surface area contributed by atoms with Crippen molar-refractivity contribution < 1.29 is 28.3 Å². The molecule has 0 bridgehead atoms. The van der Waals surface area contributed by atoms with E-state index >= 15 is 0 Å². The van der Waals surface area contributed by atoms with Crippen LogP contribution in [-0.2, 0) is 32.4 Å². The van der Waals surface area contributed by atoms with Gasteiger partial charge in [-0.1, -0.05) is 0 Å². The van der Waals surface area contributed by atoms with Crippen LogP contribution in [0.3, 0.4) is 0 Å². The van der Waals surface area contributed by atoms with E-state index in [9.17, 15) is 4.79 Å². The normalized spacial score (nSPS) is 19.6. The standard InChI is InChI=1S/C22H40BN3O6/c1-14(25(10)19(27)30-20(3,4)5)15(2)29-18-17(16(13-28-12)24-26(18)11)23-31-21(6,7)22(8,9)32-23/h14-15H,13H2,1-12H3/t14-,15?/m1/s1. The maximum atomic E-state index is 12.5. The van der Waals surface area contributed by atoms with Crippen molar-refractivity contribution in [1.82, 2.24) is 14.7 Å². The second kappa shape index (κ2) is 9.23. The maximum Gasteiger partial charge on any atom is 0.502 e. The van der Waals surface area contributed by atoms with Gasteiger partial charge in [0.1, 0.15) is 11.7 Å².